The van der Waals surface area contributed by atoms with E-state index in [2.05, 4.69) is 69.4 Å². The van der Waals surface area contributed by atoms with Crippen molar-refractivity contribution in [1.82, 2.24) is 0 Å². The van der Waals surface area contributed by atoms with E-state index in [4.69, 9.17) is 14.2 Å². The van der Waals surface area contributed by atoms with Gasteiger partial charge in [-0.3, -0.25) is 0 Å². The number of nitrogens with zero attached hydrogens (tertiary/aromatic N) is 2. The van der Waals surface area contributed by atoms with Crippen LogP contribution in [-0.2, 0) is 26.2 Å². The minimum Gasteiger partial charge on any atom is -0.508 e. The lowest BCUT2D eigenvalue weighted by atomic mass is 9.66. The van der Waals surface area contributed by atoms with Gasteiger partial charge in [-0.2, -0.15) is 0 Å². The summed E-state index contributed by atoms with van der Waals surface area (Å²) in [6.45, 7) is 14.0. The molecular weight excluding hydrogens is 757 g/mol. The molecule has 2 aliphatic heterocycles. The lowest BCUT2D eigenvalue weighted by molar-refractivity contribution is -0.757. The molecule has 2 aliphatic carbocycles. The fourth-order valence-electron chi connectivity index (χ4n) is 10.1. The Labute approximate surface area is 348 Å². The summed E-state index contributed by atoms with van der Waals surface area (Å²) < 4.78 is 20.2. The Morgan fingerprint density at radius 2 is 1.51 bits per heavy atom. The van der Waals surface area contributed by atoms with Gasteiger partial charge in [0.2, 0.25) is 0 Å². The molecule has 0 bridgehead atoms. The highest BCUT2D eigenvalue weighted by atomic mass is 17.0. The lowest BCUT2D eigenvalue weighted by Gasteiger charge is -2.48. The first-order valence-corrected chi connectivity index (χ1v) is 21.6. The monoisotopic (exact) mass is 820 g/mol. The van der Waals surface area contributed by atoms with Crippen molar-refractivity contribution in [2.45, 2.75) is 153 Å². The number of aryl methyl sites for hydroxylation is 1. The Kier molecular flexibility index (Phi) is 13.7. The molecule has 2 aromatic rings. The average molecular weight is 821 g/mol. The average Bonchev–Trinajstić information content (AvgIpc) is 3.14. The zero-order valence-electron chi connectivity index (χ0n) is 35.8. The summed E-state index contributed by atoms with van der Waals surface area (Å²) in [5, 5.41) is 42.4. The van der Waals surface area contributed by atoms with E-state index in [-0.39, 0.29) is 53.8 Å². The molecule has 0 amide bonds. The van der Waals surface area contributed by atoms with Crippen LogP contribution >= 0.6 is 0 Å². The van der Waals surface area contributed by atoms with Gasteiger partial charge in [-0.1, -0.05) is 57.3 Å². The van der Waals surface area contributed by atoms with Crippen LogP contribution < -0.4 is 9.47 Å². The van der Waals surface area contributed by atoms with E-state index in [1.807, 2.05) is 18.2 Å². The molecule has 2 heterocycles. The molecule has 0 saturated carbocycles. The molecule has 0 saturated heterocycles. The van der Waals surface area contributed by atoms with Crippen molar-refractivity contribution in [3.63, 3.8) is 0 Å². The first kappa shape index (κ1) is 44.0. The number of benzene rings is 2. The number of ether oxygens (including phenoxy) is 3. The van der Waals surface area contributed by atoms with Gasteiger partial charge in [-0.25, -0.2) is 0 Å². The Morgan fingerprint density at radius 1 is 0.847 bits per heavy atom. The Morgan fingerprint density at radius 3 is 2.22 bits per heavy atom. The summed E-state index contributed by atoms with van der Waals surface area (Å²) in [7, 11) is 0. The zero-order valence-corrected chi connectivity index (χ0v) is 35.8. The first-order valence-electron chi connectivity index (χ1n) is 21.6. The molecule has 6 rings (SSSR count). The molecule has 1 unspecified atom stereocenters. The second-order valence-electron chi connectivity index (χ2n) is 18.7. The van der Waals surface area contributed by atoms with Gasteiger partial charge in [-0.05, 0) is 132 Å². The Hall–Kier alpha value is -4.52. The van der Waals surface area contributed by atoms with Gasteiger partial charge in [0.05, 0.1) is 26.4 Å². The molecule has 5 atom stereocenters. The van der Waals surface area contributed by atoms with Crippen molar-refractivity contribution in [3.8, 4) is 23.0 Å². The molecule has 0 radical (unpaired) electrons. The predicted octanol–water partition coefficient (Wildman–Crippen LogP) is 10.4. The summed E-state index contributed by atoms with van der Waals surface area (Å²) in [4.78, 5) is 29.7. The largest absolute Gasteiger partial charge is 0.508 e. The fraction of sp³-hybridized carbons (Fsp3) is 0.652. The van der Waals surface area contributed by atoms with Crippen molar-refractivity contribution in [2.24, 2.45) is 11.8 Å². The van der Waals surface area contributed by atoms with E-state index in [9.17, 15) is 30.4 Å². The minimum atomic E-state index is -0.762. The lowest BCUT2D eigenvalue weighted by Crippen LogP contribution is -2.51. The quantitative estimate of drug-likeness (QED) is 0.0563. The van der Waals surface area contributed by atoms with Crippen molar-refractivity contribution < 1.29 is 44.3 Å². The highest BCUT2D eigenvalue weighted by Crippen LogP contribution is 2.56. The fourth-order valence-corrected chi connectivity index (χ4v) is 10.1. The van der Waals surface area contributed by atoms with E-state index < -0.39 is 21.4 Å². The van der Waals surface area contributed by atoms with Crippen LogP contribution in [0.25, 0.3) is 0 Å². The highest BCUT2D eigenvalue weighted by molar-refractivity contribution is 5.55. The van der Waals surface area contributed by atoms with E-state index in [0.29, 0.717) is 38.2 Å². The molecule has 2 aromatic carbocycles. The second-order valence-corrected chi connectivity index (χ2v) is 18.7. The summed E-state index contributed by atoms with van der Waals surface area (Å²) in [5.74, 6) is 2.34. The maximum absolute atomic E-state index is 11.7. The van der Waals surface area contributed by atoms with Gasteiger partial charge in [0.25, 0.3) is 10.2 Å². The SMILES string of the molecule is CC1=C[C@H]2c3c(O)cc(CCCCCO[N+](=O)[O-])cc3OC(C)(COCC3=CC[C@H]4[C@H](C3)c3c(O)cc(C(C)(C)CCCCCCO[N+](=O)[O-])cc3OC4(C)C)[C@@H]2CC1. The van der Waals surface area contributed by atoms with Crippen molar-refractivity contribution in [2.75, 3.05) is 26.4 Å². The standard InChI is InChI=1S/C46H64N2O11/c1-30-15-17-37-34(22-30)42-38(49)24-31(14-10-9-13-21-57-48(53)54)25-40(42)59-46(37,6)29-55-28-32-16-18-36-35(23-32)43-39(50)26-33(27-41(43)58-45(36,4)5)44(2,3)19-11-7-8-12-20-56-47(51)52/h16,22,24-27,34-37,49-50H,7-15,17-21,23,28-29H2,1-6H3/t34-,35+,36+,37-,46?/m1/s1. The molecule has 4 aliphatic rings. The number of hydrogen-bond acceptors (Lipinski definition) is 11. The van der Waals surface area contributed by atoms with Crippen LogP contribution in [0.15, 0.2) is 47.6 Å². The summed E-state index contributed by atoms with van der Waals surface area (Å²) in [6, 6.07) is 7.93. The molecule has 0 fully saturated rings. The van der Waals surface area contributed by atoms with Gasteiger partial charge in [0.1, 0.15) is 34.2 Å². The van der Waals surface area contributed by atoms with Crippen LogP contribution in [0, 0.1) is 32.1 Å². The molecule has 324 valence electrons. The van der Waals surface area contributed by atoms with Crippen molar-refractivity contribution >= 4 is 0 Å². The highest BCUT2D eigenvalue weighted by Gasteiger charge is 2.49. The van der Waals surface area contributed by atoms with Gasteiger partial charge in [-0.15, -0.1) is 20.2 Å². The normalized spacial score (nSPS) is 24.2. The summed E-state index contributed by atoms with van der Waals surface area (Å²) in [6.07, 6.45) is 15.2. The number of phenols is 2. The molecule has 0 spiro atoms. The molecule has 13 nitrogen and oxygen atoms in total. The van der Waals surface area contributed by atoms with Gasteiger partial charge >= 0.3 is 0 Å². The van der Waals surface area contributed by atoms with E-state index in [0.717, 1.165) is 92.2 Å². The number of hydrogen-bond donors (Lipinski definition) is 2. The topological polar surface area (TPSA) is 173 Å². The van der Waals surface area contributed by atoms with Crippen molar-refractivity contribution in [1.29, 1.82) is 0 Å². The van der Waals surface area contributed by atoms with Gasteiger partial charge < -0.3 is 34.1 Å². The molecule has 13 heteroatoms. The van der Waals surface area contributed by atoms with Crippen LogP contribution in [0.2, 0.25) is 0 Å². The van der Waals surface area contributed by atoms with Gasteiger partial charge in [0.15, 0.2) is 0 Å². The number of aromatic hydroxyl groups is 2. The summed E-state index contributed by atoms with van der Waals surface area (Å²) in [5.41, 5.74) is 4.93. The van der Waals surface area contributed by atoms with Gasteiger partial charge in [0, 0.05) is 34.8 Å². The number of unbranched alkanes of at least 4 members (excludes halogenated alkanes) is 5. The van der Waals surface area contributed by atoms with Crippen LogP contribution in [0.4, 0.5) is 0 Å². The number of allylic oxidation sites excluding steroid dienone is 3. The van der Waals surface area contributed by atoms with Crippen molar-refractivity contribution in [3.05, 3.63) is 90.0 Å². The number of fused-ring (bicyclic) bond motifs is 6. The van der Waals surface area contributed by atoms with Crippen LogP contribution in [0.3, 0.4) is 0 Å². The first-order chi connectivity index (χ1) is 28.0. The third-order valence-corrected chi connectivity index (χ3v) is 13.4. The van der Waals surface area contributed by atoms with E-state index in [1.54, 1.807) is 0 Å². The predicted molar refractivity (Wildman–Crippen MR) is 223 cm³/mol. The second kappa shape index (κ2) is 18.4. The zero-order chi connectivity index (χ0) is 42.5. The Bertz CT molecular complexity index is 1900. The smallest absolute Gasteiger partial charge is 0.294 e. The third-order valence-electron chi connectivity index (χ3n) is 13.4. The maximum atomic E-state index is 11.7. The van der Waals surface area contributed by atoms with E-state index >= 15 is 0 Å². The van der Waals surface area contributed by atoms with E-state index in [1.165, 1.54) is 11.1 Å². The minimum absolute atomic E-state index is 0.00524. The van der Waals surface area contributed by atoms with Crippen LogP contribution in [0.1, 0.15) is 153 Å². The molecule has 2 N–H and O–H groups in total. The summed E-state index contributed by atoms with van der Waals surface area (Å²) >= 11 is 0. The van der Waals surface area contributed by atoms with Crippen LogP contribution in [-0.4, -0.2) is 58.0 Å². The van der Waals surface area contributed by atoms with Crippen LogP contribution in [0.5, 0.6) is 23.0 Å². The molecule has 59 heavy (non-hydrogen) atoms. The number of phenolic OH excluding ortho intramolecular Hbond substituents is 2. The third kappa shape index (κ3) is 10.4. The Balaban J connectivity index is 1.11. The number of rotatable bonds is 20. The maximum Gasteiger partial charge on any atom is 0.294 e. The molecular formula is C46H64N2O11. The molecule has 0 aromatic heterocycles.